The Bertz CT molecular complexity index is 587. The molecule has 0 spiro atoms. The highest BCUT2D eigenvalue weighted by Crippen LogP contribution is 2.36. The Kier molecular flexibility index (Phi) is 4.62. The quantitative estimate of drug-likeness (QED) is 0.808. The zero-order chi connectivity index (χ0) is 14.8. The maximum absolute atomic E-state index is 12.7. The number of methoxy groups -OCH3 is 1. The summed E-state index contributed by atoms with van der Waals surface area (Å²) in [6.07, 6.45) is 3.37. The summed E-state index contributed by atoms with van der Waals surface area (Å²) >= 11 is 0. The van der Waals surface area contributed by atoms with E-state index in [1.165, 1.54) is 22.6 Å². The number of aromatic amines is 1. The van der Waals surface area contributed by atoms with Gasteiger partial charge in [-0.05, 0) is 31.7 Å². The molecule has 20 heavy (non-hydrogen) atoms. The molecule has 1 fully saturated rings. The van der Waals surface area contributed by atoms with Crippen LogP contribution in [0.1, 0.15) is 19.8 Å². The maximum atomic E-state index is 12.7. The van der Waals surface area contributed by atoms with Crippen molar-refractivity contribution in [2.75, 3.05) is 20.3 Å². The molecule has 0 saturated heterocycles. The van der Waals surface area contributed by atoms with Gasteiger partial charge >= 0.3 is 0 Å². The van der Waals surface area contributed by atoms with Crippen LogP contribution in [0, 0.1) is 5.92 Å². The Morgan fingerprint density at radius 3 is 2.65 bits per heavy atom. The van der Waals surface area contributed by atoms with E-state index in [4.69, 9.17) is 4.74 Å². The topological polar surface area (TPSA) is 79.5 Å². The van der Waals surface area contributed by atoms with Crippen molar-refractivity contribution in [3.05, 3.63) is 28.7 Å². The first-order valence-electron chi connectivity index (χ1n) is 6.66. The summed E-state index contributed by atoms with van der Waals surface area (Å²) < 4.78 is 31.8. The fourth-order valence-corrected chi connectivity index (χ4v) is 3.87. The summed E-state index contributed by atoms with van der Waals surface area (Å²) in [5, 5.41) is 0. The monoisotopic (exact) mass is 300 g/mol. The van der Waals surface area contributed by atoms with E-state index in [1.54, 1.807) is 7.11 Å². The molecule has 1 atom stereocenters. The molecular formula is C13H20N2O4S. The maximum Gasteiger partial charge on any atom is 0.247 e. The van der Waals surface area contributed by atoms with Crippen molar-refractivity contribution < 1.29 is 13.2 Å². The summed E-state index contributed by atoms with van der Waals surface area (Å²) in [5.74, 6) is 0.421. The molecule has 0 bridgehead atoms. The number of aromatic nitrogens is 1. The molecule has 0 aromatic carbocycles. The highest BCUT2D eigenvalue weighted by Gasteiger charge is 2.38. The van der Waals surface area contributed by atoms with Crippen LogP contribution in [0.15, 0.2) is 28.0 Å². The Balaban J connectivity index is 2.29. The van der Waals surface area contributed by atoms with E-state index in [0.29, 0.717) is 19.1 Å². The standard InChI is InChI=1S/C13H20N2O4S/c1-10(11-3-4-11)15(7-8-19-2)20(17,18)12-5-6-13(16)14-9-12/h5-6,9-11H,3-4,7-8H2,1-2H3,(H,14,16). The van der Waals surface area contributed by atoms with Gasteiger partial charge in [0.15, 0.2) is 0 Å². The number of ether oxygens (including phenoxy) is 1. The van der Waals surface area contributed by atoms with Crippen molar-refractivity contribution in [3.8, 4) is 0 Å². The van der Waals surface area contributed by atoms with Gasteiger partial charge in [-0.1, -0.05) is 0 Å². The second-order valence-electron chi connectivity index (χ2n) is 5.08. The van der Waals surface area contributed by atoms with Crippen LogP contribution in [0.4, 0.5) is 0 Å². The molecule has 2 rings (SSSR count). The molecule has 1 N–H and O–H groups in total. The Labute approximate surface area is 118 Å². The number of H-pyrrole nitrogens is 1. The van der Waals surface area contributed by atoms with E-state index < -0.39 is 10.0 Å². The fraction of sp³-hybridized carbons (Fsp3) is 0.615. The number of hydrogen-bond acceptors (Lipinski definition) is 4. The Hall–Kier alpha value is -1.18. The van der Waals surface area contributed by atoms with Gasteiger partial charge in [-0.15, -0.1) is 0 Å². The normalized spacial score (nSPS) is 17.4. The second kappa shape index (κ2) is 6.07. The van der Waals surface area contributed by atoms with Crippen LogP contribution < -0.4 is 5.56 Å². The van der Waals surface area contributed by atoms with E-state index in [1.807, 2.05) is 6.92 Å². The zero-order valence-electron chi connectivity index (χ0n) is 11.7. The smallest absolute Gasteiger partial charge is 0.247 e. The van der Waals surface area contributed by atoms with E-state index in [2.05, 4.69) is 4.98 Å². The molecule has 1 heterocycles. The molecule has 6 nitrogen and oxygen atoms in total. The average Bonchev–Trinajstić information content (AvgIpc) is 3.23. The molecule has 1 aromatic heterocycles. The predicted octanol–water partition coefficient (Wildman–Crippen LogP) is 0.811. The lowest BCUT2D eigenvalue weighted by Gasteiger charge is -2.28. The number of rotatable bonds is 7. The van der Waals surface area contributed by atoms with Crippen molar-refractivity contribution >= 4 is 10.0 Å². The Morgan fingerprint density at radius 1 is 1.45 bits per heavy atom. The SMILES string of the molecule is COCCN(C(C)C1CC1)S(=O)(=O)c1ccc(=O)[nH]c1. The van der Waals surface area contributed by atoms with Crippen molar-refractivity contribution in [2.24, 2.45) is 5.92 Å². The van der Waals surface area contributed by atoms with Crippen molar-refractivity contribution in [1.82, 2.24) is 9.29 Å². The number of sulfonamides is 1. The van der Waals surface area contributed by atoms with Gasteiger partial charge in [0.1, 0.15) is 0 Å². The van der Waals surface area contributed by atoms with Gasteiger partial charge in [0.2, 0.25) is 15.6 Å². The molecule has 112 valence electrons. The largest absolute Gasteiger partial charge is 0.383 e. The first-order valence-corrected chi connectivity index (χ1v) is 8.10. The molecule has 0 amide bonds. The summed E-state index contributed by atoms with van der Waals surface area (Å²) in [6, 6.07) is 2.51. The molecule has 1 aromatic rings. The number of nitrogens with zero attached hydrogens (tertiary/aromatic N) is 1. The molecule has 1 unspecified atom stereocenters. The van der Waals surface area contributed by atoms with Crippen molar-refractivity contribution in [1.29, 1.82) is 0 Å². The highest BCUT2D eigenvalue weighted by atomic mass is 32.2. The molecular weight excluding hydrogens is 280 g/mol. The van der Waals surface area contributed by atoms with E-state index in [-0.39, 0.29) is 16.5 Å². The van der Waals surface area contributed by atoms with Gasteiger partial charge < -0.3 is 9.72 Å². The lowest BCUT2D eigenvalue weighted by molar-refractivity contribution is 0.164. The van der Waals surface area contributed by atoms with Gasteiger partial charge in [0, 0.05) is 32.0 Å². The fourth-order valence-electron chi connectivity index (χ4n) is 2.23. The van der Waals surface area contributed by atoms with Gasteiger partial charge in [-0.2, -0.15) is 4.31 Å². The summed E-state index contributed by atoms with van der Waals surface area (Å²) in [6.45, 7) is 2.59. The first-order chi connectivity index (χ1) is 9.46. The van der Waals surface area contributed by atoms with Crippen LogP contribution in [0.3, 0.4) is 0 Å². The van der Waals surface area contributed by atoms with Crippen LogP contribution in [0.25, 0.3) is 0 Å². The first kappa shape index (κ1) is 15.2. The van der Waals surface area contributed by atoms with Gasteiger partial charge in [-0.25, -0.2) is 8.42 Å². The lowest BCUT2D eigenvalue weighted by atomic mass is 10.2. The third kappa shape index (κ3) is 3.28. The molecule has 0 aliphatic heterocycles. The van der Waals surface area contributed by atoms with Gasteiger partial charge in [-0.3, -0.25) is 4.79 Å². The van der Waals surface area contributed by atoms with Gasteiger partial charge in [0.05, 0.1) is 11.5 Å². The minimum atomic E-state index is -3.61. The number of nitrogens with one attached hydrogen (secondary N) is 1. The molecule has 1 aliphatic carbocycles. The van der Waals surface area contributed by atoms with Crippen molar-refractivity contribution in [3.63, 3.8) is 0 Å². The number of hydrogen-bond donors (Lipinski definition) is 1. The zero-order valence-corrected chi connectivity index (χ0v) is 12.5. The van der Waals surface area contributed by atoms with Crippen molar-refractivity contribution in [2.45, 2.75) is 30.7 Å². The number of pyridine rings is 1. The van der Waals surface area contributed by atoms with E-state index in [0.717, 1.165) is 12.8 Å². The summed E-state index contributed by atoms with van der Waals surface area (Å²) in [5.41, 5.74) is -0.317. The third-order valence-corrected chi connectivity index (χ3v) is 5.62. The lowest BCUT2D eigenvalue weighted by Crippen LogP contribution is -2.42. The van der Waals surface area contributed by atoms with Crippen LogP contribution in [-0.2, 0) is 14.8 Å². The van der Waals surface area contributed by atoms with E-state index >= 15 is 0 Å². The molecule has 0 radical (unpaired) electrons. The van der Waals surface area contributed by atoms with Crippen LogP contribution in [-0.4, -0.2) is 44.0 Å². The second-order valence-corrected chi connectivity index (χ2v) is 6.97. The summed E-state index contributed by atoms with van der Waals surface area (Å²) in [4.78, 5) is 13.6. The third-order valence-electron chi connectivity index (χ3n) is 3.64. The summed E-state index contributed by atoms with van der Waals surface area (Å²) in [7, 11) is -2.06. The van der Waals surface area contributed by atoms with Crippen LogP contribution >= 0.6 is 0 Å². The van der Waals surface area contributed by atoms with Crippen LogP contribution in [0.2, 0.25) is 0 Å². The molecule has 1 aliphatic rings. The minimum absolute atomic E-state index is 0.0536. The van der Waals surface area contributed by atoms with Crippen LogP contribution in [0.5, 0.6) is 0 Å². The average molecular weight is 300 g/mol. The van der Waals surface area contributed by atoms with Gasteiger partial charge in [0.25, 0.3) is 0 Å². The highest BCUT2D eigenvalue weighted by molar-refractivity contribution is 7.89. The van der Waals surface area contributed by atoms with E-state index in [9.17, 15) is 13.2 Å². The minimum Gasteiger partial charge on any atom is -0.383 e. The molecule has 7 heteroatoms. The molecule has 1 saturated carbocycles. The predicted molar refractivity (Wildman–Crippen MR) is 75.0 cm³/mol. The Morgan fingerprint density at radius 2 is 2.15 bits per heavy atom.